The summed E-state index contributed by atoms with van der Waals surface area (Å²) in [5.74, 6) is 0.279. The summed E-state index contributed by atoms with van der Waals surface area (Å²) in [7, 11) is 0. The molecule has 0 aromatic heterocycles. The highest BCUT2D eigenvalue weighted by Crippen LogP contribution is 2.12. The zero-order chi connectivity index (χ0) is 13.5. The van der Waals surface area contributed by atoms with Gasteiger partial charge in [0, 0.05) is 12.2 Å². The van der Waals surface area contributed by atoms with Gasteiger partial charge in [-0.05, 0) is 50.2 Å². The standard InChI is InChI=1S/C14H20N2O3/c15-12-3-5-13(6-4-12)19-11-14(17)18-10-9-16-7-1-2-8-16/h3-6H,1-2,7-11,15H2. The van der Waals surface area contributed by atoms with Gasteiger partial charge >= 0.3 is 5.97 Å². The molecule has 2 N–H and O–H groups in total. The molecule has 0 spiro atoms. The van der Waals surface area contributed by atoms with Gasteiger partial charge in [-0.15, -0.1) is 0 Å². The van der Waals surface area contributed by atoms with E-state index in [1.54, 1.807) is 24.3 Å². The van der Waals surface area contributed by atoms with Gasteiger partial charge in [0.2, 0.25) is 0 Å². The number of carbonyl (C=O) groups excluding carboxylic acids is 1. The summed E-state index contributed by atoms with van der Waals surface area (Å²) >= 11 is 0. The molecule has 19 heavy (non-hydrogen) atoms. The van der Waals surface area contributed by atoms with Crippen LogP contribution >= 0.6 is 0 Å². The Labute approximate surface area is 113 Å². The number of nitrogen functional groups attached to an aromatic ring is 1. The summed E-state index contributed by atoms with van der Waals surface area (Å²) in [6.45, 7) is 3.40. The van der Waals surface area contributed by atoms with Crippen molar-refractivity contribution in [1.82, 2.24) is 4.90 Å². The van der Waals surface area contributed by atoms with Crippen molar-refractivity contribution in [2.24, 2.45) is 0 Å². The minimum absolute atomic E-state index is 0.0656. The van der Waals surface area contributed by atoms with Crippen LogP contribution in [0, 0.1) is 0 Å². The minimum Gasteiger partial charge on any atom is -0.482 e. The molecule has 5 nitrogen and oxygen atoms in total. The average molecular weight is 264 g/mol. The molecule has 0 radical (unpaired) electrons. The van der Waals surface area contributed by atoms with E-state index in [-0.39, 0.29) is 12.6 Å². The number of esters is 1. The number of benzene rings is 1. The van der Waals surface area contributed by atoms with E-state index in [4.69, 9.17) is 15.2 Å². The van der Waals surface area contributed by atoms with Gasteiger partial charge in [-0.2, -0.15) is 0 Å². The van der Waals surface area contributed by atoms with Crippen molar-refractivity contribution in [2.45, 2.75) is 12.8 Å². The molecule has 1 aliphatic heterocycles. The Kier molecular flexibility index (Phi) is 5.03. The van der Waals surface area contributed by atoms with Crippen LogP contribution in [-0.2, 0) is 9.53 Å². The van der Waals surface area contributed by atoms with Gasteiger partial charge in [-0.25, -0.2) is 4.79 Å². The molecule has 1 fully saturated rings. The molecule has 1 aromatic carbocycles. The van der Waals surface area contributed by atoms with Crippen LogP contribution in [0.1, 0.15) is 12.8 Å². The third-order valence-electron chi connectivity index (χ3n) is 3.11. The maximum atomic E-state index is 11.5. The normalized spacial score (nSPS) is 15.4. The zero-order valence-electron chi connectivity index (χ0n) is 11.0. The molecule has 1 heterocycles. The Morgan fingerprint density at radius 2 is 1.89 bits per heavy atom. The van der Waals surface area contributed by atoms with Crippen LogP contribution in [0.4, 0.5) is 5.69 Å². The number of ether oxygens (including phenoxy) is 2. The monoisotopic (exact) mass is 264 g/mol. The first kappa shape index (κ1) is 13.7. The number of likely N-dealkylation sites (tertiary alicyclic amines) is 1. The lowest BCUT2D eigenvalue weighted by molar-refractivity contribution is -0.146. The lowest BCUT2D eigenvalue weighted by atomic mass is 10.3. The third kappa shape index (κ3) is 4.79. The Hall–Kier alpha value is -1.75. The van der Waals surface area contributed by atoms with Crippen LogP contribution in [0.3, 0.4) is 0 Å². The Bertz CT molecular complexity index is 400. The Morgan fingerprint density at radius 3 is 2.58 bits per heavy atom. The first-order valence-corrected chi connectivity index (χ1v) is 6.60. The summed E-state index contributed by atoms with van der Waals surface area (Å²) in [6, 6.07) is 6.92. The molecule has 0 amide bonds. The highest BCUT2D eigenvalue weighted by molar-refractivity contribution is 5.71. The molecule has 0 bridgehead atoms. The summed E-state index contributed by atoms with van der Waals surface area (Å²) in [5, 5.41) is 0. The van der Waals surface area contributed by atoms with Crippen molar-refractivity contribution in [3.05, 3.63) is 24.3 Å². The van der Waals surface area contributed by atoms with Crippen LogP contribution in [0.15, 0.2) is 24.3 Å². The van der Waals surface area contributed by atoms with Gasteiger partial charge in [0.1, 0.15) is 12.4 Å². The van der Waals surface area contributed by atoms with Gasteiger partial charge in [0.05, 0.1) is 0 Å². The van der Waals surface area contributed by atoms with Gasteiger partial charge in [0.25, 0.3) is 0 Å². The topological polar surface area (TPSA) is 64.8 Å². The number of hydrogen-bond acceptors (Lipinski definition) is 5. The maximum absolute atomic E-state index is 11.5. The predicted molar refractivity (Wildman–Crippen MR) is 73.0 cm³/mol. The van der Waals surface area contributed by atoms with E-state index >= 15 is 0 Å². The van der Waals surface area contributed by atoms with Crippen LogP contribution < -0.4 is 10.5 Å². The van der Waals surface area contributed by atoms with Gasteiger partial charge in [-0.1, -0.05) is 0 Å². The number of carbonyl (C=O) groups is 1. The Balaban J connectivity index is 1.60. The predicted octanol–water partition coefficient (Wildman–Crippen LogP) is 1.29. The summed E-state index contributed by atoms with van der Waals surface area (Å²) < 4.78 is 10.4. The summed E-state index contributed by atoms with van der Waals surface area (Å²) in [5.41, 5.74) is 6.22. The highest BCUT2D eigenvalue weighted by Gasteiger charge is 2.12. The highest BCUT2D eigenvalue weighted by atomic mass is 16.6. The smallest absolute Gasteiger partial charge is 0.344 e. The fourth-order valence-electron chi connectivity index (χ4n) is 2.04. The van der Waals surface area contributed by atoms with Gasteiger partial charge in [-0.3, -0.25) is 4.90 Å². The second-order valence-corrected chi connectivity index (χ2v) is 4.63. The molecule has 0 atom stereocenters. The minimum atomic E-state index is -0.337. The first-order chi connectivity index (χ1) is 9.24. The Morgan fingerprint density at radius 1 is 1.21 bits per heavy atom. The van der Waals surface area contributed by atoms with Crippen molar-refractivity contribution in [3.63, 3.8) is 0 Å². The molecule has 1 aliphatic rings. The van der Waals surface area contributed by atoms with Crippen molar-refractivity contribution in [3.8, 4) is 5.75 Å². The van der Waals surface area contributed by atoms with Crippen molar-refractivity contribution in [2.75, 3.05) is 38.6 Å². The molecule has 0 unspecified atom stereocenters. The molecule has 2 rings (SSSR count). The second kappa shape index (κ2) is 6.99. The fourth-order valence-corrected chi connectivity index (χ4v) is 2.04. The molecular formula is C14H20N2O3. The van der Waals surface area contributed by atoms with Crippen molar-refractivity contribution < 1.29 is 14.3 Å². The van der Waals surface area contributed by atoms with Gasteiger partial charge in [0.15, 0.2) is 6.61 Å². The lowest BCUT2D eigenvalue weighted by Gasteiger charge is -2.14. The summed E-state index contributed by atoms with van der Waals surface area (Å²) in [6.07, 6.45) is 2.49. The molecule has 1 aromatic rings. The van der Waals surface area contributed by atoms with Crippen LogP contribution in [0.2, 0.25) is 0 Å². The van der Waals surface area contributed by atoms with Crippen LogP contribution in [0.5, 0.6) is 5.75 Å². The third-order valence-corrected chi connectivity index (χ3v) is 3.11. The van der Waals surface area contributed by atoms with E-state index in [2.05, 4.69) is 4.90 Å². The van der Waals surface area contributed by atoms with E-state index in [0.717, 1.165) is 19.6 Å². The number of nitrogens with two attached hydrogens (primary N) is 1. The second-order valence-electron chi connectivity index (χ2n) is 4.63. The number of nitrogens with zero attached hydrogens (tertiary/aromatic N) is 1. The van der Waals surface area contributed by atoms with Crippen molar-refractivity contribution >= 4 is 11.7 Å². The maximum Gasteiger partial charge on any atom is 0.344 e. The largest absolute Gasteiger partial charge is 0.482 e. The van der Waals surface area contributed by atoms with E-state index in [1.165, 1.54) is 12.8 Å². The number of anilines is 1. The van der Waals surface area contributed by atoms with Crippen molar-refractivity contribution in [1.29, 1.82) is 0 Å². The van der Waals surface area contributed by atoms with Gasteiger partial charge < -0.3 is 15.2 Å². The van der Waals surface area contributed by atoms with E-state index < -0.39 is 0 Å². The van der Waals surface area contributed by atoms with Crippen LogP contribution in [-0.4, -0.2) is 43.7 Å². The number of hydrogen-bond donors (Lipinski definition) is 1. The average Bonchev–Trinajstić information content (AvgIpc) is 2.91. The molecule has 0 aliphatic carbocycles. The van der Waals surface area contributed by atoms with E-state index in [0.29, 0.717) is 18.0 Å². The number of rotatable bonds is 6. The lowest BCUT2D eigenvalue weighted by Crippen LogP contribution is -2.26. The van der Waals surface area contributed by atoms with Crippen LogP contribution in [0.25, 0.3) is 0 Å². The van der Waals surface area contributed by atoms with E-state index in [9.17, 15) is 4.79 Å². The SMILES string of the molecule is Nc1ccc(OCC(=O)OCCN2CCCC2)cc1. The van der Waals surface area contributed by atoms with E-state index in [1.807, 2.05) is 0 Å². The molecule has 104 valence electrons. The summed E-state index contributed by atoms with van der Waals surface area (Å²) in [4.78, 5) is 13.8. The zero-order valence-corrected chi connectivity index (χ0v) is 11.0. The molecular weight excluding hydrogens is 244 g/mol. The molecule has 5 heteroatoms. The quantitative estimate of drug-likeness (QED) is 0.619. The molecule has 1 saturated heterocycles. The molecule has 0 saturated carbocycles. The fraction of sp³-hybridized carbons (Fsp3) is 0.500. The first-order valence-electron chi connectivity index (χ1n) is 6.60.